The van der Waals surface area contributed by atoms with Crippen molar-refractivity contribution in [2.45, 2.75) is 46.1 Å². The minimum Gasteiger partial charge on any atom is -0.330 e. The van der Waals surface area contributed by atoms with Gasteiger partial charge >= 0.3 is 0 Å². The zero-order valence-electron chi connectivity index (χ0n) is 12.0. The van der Waals surface area contributed by atoms with Gasteiger partial charge in [0.05, 0.1) is 0 Å². The number of rotatable bonds is 6. The van der Waals surface area contributed by atoms with Crippen LogP contribution >= 0.6 is 0 Å². The zero-order chi connectivity index (χ0) is 12.7. The number of hydrogen-bond acceptors (Lipinski definition) is 3. The summed E-state index contributed by atoms with van der Waals surface area (Å²) >= 11 is 0. The number of hydrogen-bond donors (Lipinski definition) is 1. The highest BCUT2D eigenvalue weighted by molar-refractivity contribution is 4.76. The fourth-order valence-corrected chi connectivity index (χ4v) is 2.86. The minimum absolute atomic E-state index is 0.634. The molecule has 1 fully saturated rings. The third kappa shape index (κ3) is 4.94. The van der Waals surface area contributed by atoms with Crippen molar-refractivity contribution in [2.75, 3.05) is 39.3 Å². The van der Waals surface area contributed by atoms with E-state index in [0.717, 1.165) is 12.6 Å². The summed E-state index contributed by atoms with van der Waals surface area (Å²) in [6.07, 6.45) is 3.89. The maximum atomic E-state index is 5.71. The highest BCUT2D eigenvalue weighted by Gasteiger charge is 2.20. The summed E-state index contributed by atoms with van der Waals surface area (Å²) in [6, 6.07) is 0.793. The summed E-state index contributed by atoms with van der Waals surface area (Å²) in [5.41, 5.74) is 5.71. The lowest BCUT2D eigenvalue weighted by Crippen LogP contribution is -2.38. The molecule has 1 atom stereocenters. The molecule has 1 rings (SSSR count). The van der Waals surface area contributed by atoms with Crippen molar-refractivity contribution >= 4 is 0 Å². The van der Waals surface area contributed by atoms with Gasteiger partial charge < -0.3 is 10.6 Å². The van der Waals surface area contributed by atoms with Crippen LogP contribution in [0.5, 0.6) is 0 Å². The maximum absolute atomic E-state index is 5.71. The van der Waals surface area contributed by atoms with Gasteiger partial charge in [0.25, 0.3) is 0 Å². The van der Waals surface area contributed by atoms with Gasteiger partial charge in [-0.2, -0.15) is 0 Å². The molecule has 0 amide bonds. The Morgan fingerprint density at radius 3 is 2.35 bits per heavy atom. The predicted octanol–water partition coefficient (Wildman–Crippen LogP) is 1.78. The van der Waals surface area contributed by atoms with Crippen LogP contribution in [0.1, 0.15) is 40.0 Å². The second-order valence-electron chi connectivity index (χ2n) is 5.50. The SMILES string of the molecule is CCC(CC)N1CCCN(CC(C)CN)CC1. The van der Waals surface area contributed by atoms with E-state index < -0.39 is 0 Å². The molecule has 102 valence electrons. The van der Waals surface area contributed by atoms with E-state index >= 15 is 0 Å². The number of nitrogens with two attached hydrogens (primary N) is 1. The van der Waals surface area contributed by atoms with E-state index in [4.69, 9.17) is 5.73 Å². The summed E-state index contributed by atoms with van der Waals surface area (Å²) in [7, 11) is 0. The van der Waals surface area contributed by atoms with Crippen molar-refractivity contribution in [3.05, 3.63) is 0 Å². The maximum Gasteiger partial charge on any atom is 0.0112 e. The molecule has 0 spiro atoms. The Morgan fingerprint density at radius 1 is 1.06 bits per heavy atom. The monoisotopic (exact) mass is 241 g/mol. The lowest BCUT2D eigenvalue weighted by molar-refractivity contribution is 0.184. The standard InChI is InChI=1S/C14H31N3/c1-4-14(5-2)17-8-6-7-16(9-10-17)12-13(3)11-15/h13-14H,4-12,15H2,1-3H3. The molecule has 17 heavy (non-hydrogen) atoms. The van der Waals surface area contributed by atoms with Crippen LogP contribution in [0.2, 0.25) is 0 Å². The summed E-state index contributed by atoms with van der Waals surface area (Å²) in [5.74, 6) is 0.634. The Hall–Kier alpha value is -0.120. The molecule has 1 unspecified atom stereocenters. The van der Waals surface area contributed by atoms with Crippen LogP contribution < -0.4 is 5.73 Å². The van der Waals surface area contributed by atoms with Crippen molar-refractivity contribution in [2.24, 2.45) is 11.7 Å². The van der Waals surface area contributed by atoms with Crippen molar-refractivity contribution in [3.8, 4) is 0 Å². The Kier molecular flexibility index (Phi) is 7.09. The molecule has 0 saturated carbocycles. The van der Waals surface area contributed by atoms with Crippen LogP contribution in [-0.4, -0.2) is 55.1 Å². The molecule has 0 aliphatic carbocycles. The molecule has 1 saturated heterocycles. The van der Waals surface area contributed by atoms with E-state index in [9.17, 15) is 0 Å². The first kappa shape index (κ1) is 14.9. The molecule has 1 heterocycles. The summed E-state index contributed by atoms with van der Waals surface area (Å²) < 4.78 is 0. The van der Waals surface area contributed by atoms with Crippen molar-refractivity contribution in [3.63, 3.8) is 0 Å². The van der Waals surface area contributed by atoms with Gasteiger partial charge in [-0.15, -0.1) is 0 Å². The van der Waals surface area contributed by atoms with Crippen molar-refractivity contribution in [1.82, 2.24) is 9.80 Å². The molecule has 3 heteroatoms. The quantitative estimate of drug-likeness (QED) is 0.769. The van der Waals surface area contributed by atoms with Gasteiger partial charge in [0, 0.05) is 25.7 Å². The van der Waals surface area contributed by atoms with E-state index in [1.165, 1.54) is 52.0 Å². The van der Waals surface area contributed by atoms with Gasteiger partial charge in [0.1, 0.15) is 0 Å². The second kappa shape index (κ2) is 8.06. The highest BCUT2D eigenvalue weighted by atomic mass is 15.2. The summed E-state index contributed by atoms with van der Waals surface area (Å²) in [5, 5.41) is 0. The van der Waals surface area contributed by atoms with E-state index in [1.807, 2.05) is 0 Å². The molecule has 2 N–H and O–H groups in total. The largest absolute Gasteiger partial charge is 0.330 e. The van der Waals surface area contributed by atoms with E-state index in [1.54, 1.807) is 0 Å². The Morgan fingerprint density at radius 2 is 1.76 bits per heavy atom. The van der Waals surface area contributed by atoms with Crippen molar-refractivity contribution in [1.29, 1.82) is 0 Å². The topological polar surface area (TPSA) is 32.5 Å². The lowest BCUT2D eigenvalue weighted by atomic mass is 10.1. The van der Waals surface area contributed by atoms with Crippen LogP contribution in [0.25, 0.3) is 0 Å². The van der Waals surface area contributed by atoms with E-state index in [-0.39, 0.29) is 0 Å². The first-order valence-electron chi connectivity index (χ1n) is 7.37. The van der Waals surface area contributed by atoms with Crippen LogP contribution in [-0.2, 0) is 0 Å². The van der Waals surface area contributed by atoms with Gasteiger partial charge in [-0.25, -0.2) is 0 Å². The molecule has 0 aromatic rings. The van der Waals surface area contributed by atoms with Crippen LogP contribution in [0.4, 0.5) is 0 Å². The van der Waals surface area contributed by atoms with Gasteiger partial charge in [0.15, 0.2) is 0 Å². The lowest BCUT2D eigenvalue weighted by Gasteiger charge is -2.29. The smallest absolute Gasteiger partial charge is 0.0112 e. The Labute approximate surface area is 107 Å². The van der Waals surface area contributed by atoms with Crippen molar-refractivity contribution < 1.29 is 0 Å². The van der Waals surface area contributed by atoms with Crippen LogP contribution in [0.15, 0.2) is 0 Å². The fraction of sp³-hybridized carbons (Fsp3) is 1.00. The predicted molar refractivity (Wildman–Crippen MR) is 75.2 cm³/mol. The zero-order valence-corrected chi connectivity index (χ0v) is 12.0. The average molecular weight is 241 g/mol. The molecule has 0 aromatic heterocycles. The molecule has 0 aromatic carbocycles. The third-order valence-electron chi connectivity index (χ3n) is 4.05. The first-order valence-corrected chi connectivity index (χ1v) is 7.37. The minimum atomic E-state index is 0.634. The van der Waals surface area contributed by atoms with Crippen LogP contribution in [0, 0.1) is 5.92 Å². The molecule has 1 aliphatic rings. The normalized spacial score (nSPS) is 21.7. The third-order valence-corrected chi connectivity index (χ3v) is 4.05. The van der Waals surface area contributed by atoms with E-state index in [2.05, 4.69) is 30.6 Å². The van der Waals surface area contributed by atoms with Gasteiger partial charge in [0.2, 0.25) is 0 Å². The number of nitrogens with zero attached hydrogens (tertiary/aromatic N) is 2. The Balaban J connectivity index is 2.38. The summed E-state index contributed by atoms with van der Waals surface area (Å²) in [4.78, 5) is 5.28. The first-order chi connectivity index (χ1) is 8.21. The molecule has 0 bridgehead atoms. The van der Waals surface area contributed by atoms with E-state index in [0.29, 0.717) is 5.92 Å². The van der Waals surface area contributed by atoms with Crippen LogP contribution in [0.3, 0.4) is 0 Å². The molecule has 0 radical (unpaired) electrons. The molecule has 1 aliphatic heterocycles. The highest BCUT2D eigenvalue weighted by Crippen LogP contribution is 2.13. The average Bonchev–Trinajstić information content (AvgIpc) is 2.57. The molecule has 3 nitrogen and oxygen atoms in total. The van der Waals surface area contributed by atoms with Gasteiger partial charge in [-0.05, 0) is 44.8 Å². The Bertz CT molecular complexity index is 192. The second-order valence-corrected chi connectivity index (χ2v) is 5.50. The summed E-state index contributed by atoms with van der Waals surface area (Å²) in [6.45, 7) is 13.9. The van der Waals surface area contributed by atoms with Gasteiger partial charge in [-0.1, -0.05) is 20.8 Å². The fourth-order valence-electron chi connectivity index (χ4n) is 2.86. The van der Waals surface area contributed by atoms with Gasteiger partial charge in [-0.3, -0.25) is 4.90 Å². The molecular formula is C14H31N3. The molecular weight excluding hydrogens is 210 g/mol.